The summed E-state index contributed by atoms with van der Waals surface area (Å²) in [6.45, 7) is 0.785. The first-order valence-electron chi connectivity index (χ1n) is 4.18. The highest BCUT2D eigenvalue weighted by Crippen LogP contribution is 2.32. The number of ether oxygens (including phenoxy) is 1. The molecular formula is C10H11ClO. The van der Waals surface area contributed by atoms with E-state index in [9.17, 15) is 0 Å². The van der Waals surface area contributed by atoms with E-state index in [0.717, 1.165) is 13.0 Å². The largest absolute Gasteiger partial charge is 0.372 e. The van der Waals surface area contributed by atoms with Gasteiger partial charge in [0.2, 0.25) is 0 Å². The van der Waals surface area contributed by atoms with E-state index in [4.69, 9.17) is 16.3 Å². The molecule has 1 nitrogen and oxygen atoms in total. The first kappa shape index (κ1) is 8.09. The molecule has 0 amide bonds. The van der Waals surface area contributed by atoms with Crippen LogP contribution in [0.25, 0.3) is 0 Å². The summed E-state index contributed by atoms with van der Waals surface area (Å²) in [7, 11) is 0. The van der Waals surface area contributed by atoms with Crippen molar-refractivity contribution in [1.29, 1.82) is 0 Å². The van der Waals surface area contributed by atoms with Gasteiger partial charge < -0.3 is 4.74 Å². The first-order chi connectivity index (χ1) is 5.88. The average molecular weight is 183 g/mol. The van der Waals surface area contributed by atoms with Crippen molar-refractivity contribution < 1.29 is 4.74 Å². The molecule has 1 heterocycles. The van der Waals surface area contributed by atoms with Crippen LogP contribution < -0.4 is 0 Å². The van der Waals surface area contributed by atoms with Gasteiger partial charge in [0.15, 0.2) is 0 Å². The number of hydrogen-bond acceptors (Lipinski definition) is 1. The Labute approximate surface area is 77.3 Å². The number of benzene rings is 1. The lowest BCUT2D eigenvalue weighted by Gasteiger charge is -2.12. The van der Waals surface area contributed by atoms with Crippen LogP contribution in [0.15, 0.2) is 30.3 Å². The zero-order valence-corrected chi connectivity index (χ0v) is 7.50. The van der Waals surface area contributed by atoms with Gasteiger partial charge in [0.05, 0.1) is 11.5 Å². The third kappa shape index (κ3) is 1.47. The third-order valence-electron chi connectivity index (χ3n) is 2.15. The Kier molecular flexibility index (Phi) is 2.33. The van der Waals surface area contributed by atoms with Crippen LogP contribution in [-0.4, -0.2) is 12.0 Å². The van der Waals surface area contributed by atoms with Crippen LogP contribution in [-0.2, 0) is 4.74 Å². The average Bonchev–Trinajstić information content (AvgIpc) is 2.53. The van der Waals surface area contributed by atoms with E-state index in [1.165, 1.54) is 5.56 Å². The molecule has 0 spiro atoms. The molecule has 0 aromatic heterocycles. The normalized spacial score (nSPS) is 29.1. The summed E-state index contributed by atoms with van der Waals surface area (Å²) in [4.78, 5) is 0. The van der Waals surface area contributed by atoms with Gasteiger partial charge in [-0.3, -0.25) is 0 Å². The molecule has 12 heavy (non-hydrogen) atoms. The molecule has 0 unspecified atom stereocenters. The second-order valence-electron chi connectivity index (χ2n) is 3.01. The summed E-state index contributed by atoms with van der Waals surface area (Å²) in [5, 5.41) is 0.146. The van der Waals surface area contributed by atoms with Crippen LogP contribution in [0.3, 0.4) is 0 Å². The maximum absolute atomic E-state index is 6.09. The number of alkyl halides is 1. The maximum atomic E-state index is 6.09. The molecule has 0 saturated carbocycles. The topological polar surface area (TPSA) is 9.23 Å². The highest BCUT2D eigenvalue weighted by Gasteiger charge is 2.27. The molecule has 64 valence electrons. The Hall–Kier alpha value is -0.530. The summed E-state index contributed by atoms with van der Waals surface area (Å²) in [6, 6.07) is 10.2. The highest BCUT2D eigenvalue weighted by molar-refractivity contribution is 6.21. The van der Waals surface area contributed by atoms with Crippen LogP contribution in [0.5, 0.6) is 0 Å². The molecule has 0 bridgehead atoms. The van der Waals surface area contributed by atoms with E-state index in [2.05, 4.69) is 12.1 Å². The van der Waals surface area contributed by atoms with Crippen molar-refractivity contribution in [1.82, 2.24) is 0 Å². The molecule has 1 saturated heterocycles. The molecule has 1 aromatic rings. The molecule has 1 aromatic carbocycles. The molecule has 1 fully saturated rings. The Bertz CT molecular complexity index is 247. The van der Waals surface area contributed by atoms with Crippen LogP contribution in [0, 0.1) is 0 Å². The number of halogens is 1. The van der Waals surface area contributed by atoms with Crippen LogP contribution in [0.1, 0.15) is 18.1 Å². The quantitative estimate of drug-likeness (QED) is 0.607. The summed E-state index contributed by atoms with van der Waals surface area (Å²) in [5.74, 6) is 0. The van der Waals surface area contributed by atoms with Crippen molar-refractivity contribution >= 4 is 11.6 Å². The molecule has 2 atom stereocenters. The Morgan fingerprint density at radius 2 is 2.00 bits per heavy atom. The van der Waals surface area contributed by atoms with Gasteiger partial charge in [-0.05, 0) is 12.0 Å². The summed E-state index contributed by atoms with van der Waals surface area (Å²) >= 11 is 6.09. The van der Waals surface area contributed by atoms with E-state index in [1.54, 1.807) is 0 Å². The van der Waals surface area contributed by atoms with Crippen molar-refractivity contribution in [2.75, 3.05) is 6.61 Å². The first-order valence-corrected chi connectivity index (χ1v) is 4.62. The fraction of sp³-hybridized carbons (Fsp3) is 0.400. The lowest BCUT2D eigenvalue weighted by atomic mass is 10.1. The van der Waals surface area contributed by atoms with Crippen molar-refractivity contribution in [2.24, 2.45) is 0 Å². The molecular weight excluding hydrogens is 172 g/mol. The molecule has 0 radical (unpaired) electrons. The molecule has 2 rings (SSSR count). The monoisotopic (exact) mass is 182 g/mol. The van der Waals surface area contributed by atoms with E-state index < -0.39 is 0 Å². The van der Waals surface area contributed by atoms with Crippen molar-refractivity contribution in [3.63, 3.8) is 0 Å². The standard InChI is InChI=1S/C10H11ClO/c11-9-6-7-12-10(9)8-4-2-1-3-5-8/h1-5,9-10H,6-7H2/t9-,10+/m0/s1. The van der Waals surface area contributed by atoms with E-state index >= 15 is 0 Å². The second kappa shape index (κ2) is 3.46. The van der Waals surface area contributed by atoms with Gasteiger partial charge in [0.1, 0.15) is 0 Å². The van der Waals surface area contributed by atoms with E-state index in [0.29, 0.717) is 0 Å². The number of rotatable bonds is 1. The lowest BCUT2D eigenvalue weighted by Crippen LogP contribution is -2.05. The zero-order valence-electron chi connectivity index (χ0n) is 6.74. The Balaban J connectivity index is 2.19. The minimum absolute atomic E-state index is 0.105. The van der Waals surface area contributed by atoms with Crippen molar-refractivity contribution in [3.05, 3.63) is 35.9 Å². The SMILES string of the molecule is Cl[C@H]1CCO[C@@H]1c1ccccc1. The molecule has 0 aliphatic carbocycles. The second-order valence-corrected chi connectivity index (χ2v) is 3.57. The van der Waals surface area contributed by atoms with Crippen LogP contribution in [0.4, 0.5) is 0 Å². The van der Waals surface area contributed by atoms with Gasteiger partial charge >= 0.3 is 0 Å². The highest BCUT2D eigenvalue weighted by atomic mass is 35.5. The molecule has 1 aliphatic rings. The maximum Gasteiger partial charge on any atom is 0.0989 e. The summed E-state index contributed by atoms with van der Waals surface area (Å²) < 4.78 is 5.52. The van der Waals surface area contributed by atoms with Crippen LogP contribution >= 0.6 is 11.6 Å². The van der Waals surface area contributed by atoms with Crippen LogP contribution in [0.2, 0.25) is 0 Å². The third-order valence-corrected chi connectivity index (χ3v) is 2.59. The summed E-state index contributed by atoms with van der Waals surface area (Å²) in [6.07, 6.45) is 1.06. The minimum Gasteiger partial charge on any atom is -0.372 e. The smallest absolute Gasteiger partial charge is 0.0989 e. The van der Waals surface area contributed by atoms with Gasteiger partial charge in [-0.15, -0.1) is 11.6 Å². The Morgan fingerprint density at radius 1 is 1.25 bits per heavy atom. The summed E-state index contributed by atoms with van der Waals surface area (Å²) in [5.41, 5.74) is 1.19. The van der Waals surface area contributed by atoms with Crippen molar-refractivity contribution in [3.8, 4) is 0 Å². The number of hydrogen-bond donors (Lipinski definition) is 0. The van der Waals surface area contributed by atoms with Gasteiger partial charge in [-0.1, -0.05) is 30.3 Å². The van der Waals surface area contributed by atoms with E-state index in [1.807, 2.05) is 18.2 Å². The fourth-order valence-electron chi connectivity index (χ4n) is 1.51. The molecule has 1 aliphatic heterocycles. The van der Waals surface area contributed by atoms with Gasteiger partial charge in [0.25, 0.3) is 0 Å². The van der Waals surface area contributed by atoms with Gasteiger partial charge in [0, 0.05) is 6.61 Å². The molecule has 0 N–H and O–H groups in total. The fourth-order valence-corrected chi connectivity index (χ4v) is 1.82. The zero-order chi connectivity index (χ0) is 8.39. The Morgan fingerprint density at radius 3 is 2.58 bits per heavy atom. The minimum atomic E-state index is 0.105. The van der Waals surface area contributed by atoms with Gasteiger partial charge in [-0.25, -0.2) is 0 Å². The van der Waals surface area contributed by atoms with Crippen molar-refractivity contribution in [2.45, 2.75) is 17.9 Å². The predicted octanol–water partition coefficient (Wildman–Crippen LogP) is 2.76. The van der Waals surface area contributed by atoms with Gasteiger partial charge in [-0.2, -0.15) is 0 Å². The predicted molar refractivity (Wildman–Crippen MR) is 49.4 cm³/mol. The van der Waals surface area contributed by atoms with E-state index in [-0.39, 0.29) is 11.5 Å². The molecule has 2 heteroatoms. The lowest BCUT2D eigenvalue weighted by molar-refractivity contribution is 0.113.